The quantitative estimate of drug-likeness (QED) is 0.812. The van der Waals surface area contributed by atoms with Gasteiger partial charge < -0.3 is 10.6 Å². The molecular weight excluding hydrogens is 224 g/mol. The van der Waals surface area contributed by atoms with Gasteiger partial charge in [0.25, 0.3) is 0 Å². The third-order valence-electron chi connectivity index (χ3n) is 3.64. The summed E-state index contributed by atoms with van der Waals surface area (Å²) in [5, 5.41) is 6.73. The predicted molar refractivity (Wildman–Crippen MR) is 75.9 cm³/mol. The van der Waals surface area contributed by atoms with E-state index >= 15 is 0 Å². The molecule has 1 heterocycles. The average Bonchev–Trinajstić information content (AvgIpc) is 2.91. The minimum atomic E-state index is 0.512. The smallest absolute Gasteiger partial charge is 0.131 e. The van der Waals surface area contributed by atoms with Crippen LogP contribution in [0.25, 0.3) is 0 Å². The van der Waals surface area contributed by atoms with E-state index in [-0.39, 0.29) is 0 Å². The maximum Gasteiger partial charge on any atom is 0.131 e. The van der Waals surface area contributed by atoms with Crippen LogP contribution >= 0.6 is 0 Å². The van der Waals surface area contributed by atoms with Gasteiger partial charge in [0.15, 0.2) is 0 Å². The third kappa shape index (κ3) is 3.34. The second-order valence-electron chi connectivity index (χ2n) is 5.88. The van der Waals surface area contributed by atoms with Crippen molar-refractivity contribution in [3.63, 3.8) is 0 Å². The summed E-state index contributed by atoms with van der Waals surface area (Å²) in [5.41, 5.74) is 0.512. The van der Waals surface area contributed by atoms with Gasteiger partial charge in [-0.25, -0.2) is 9.97 Å². The van der Waals surface area contributed by atoms with Crippen molar-refractivity contribution < 1.29 is 0 Å². The second kappa shape index (κ2) is 5.12. The lowest BCUT2D eigenvalue weighted by atomic mass is 10.1. The highest BCUT2D eigenvalue weighted by atomic mass is 15.1. The van der Waals surface area contributed by atoms with Crippen molar-refractivity contribution in [3.05, 3.63) is 11.9 Å². The number of aromatic nitrogens is 2. The van der Waals surface area contributed by atoms with Crippen LogP contribution in [0.15, 0.2) is 6.07 Å². The molecule has 1 saturated carbocycles. The van der Waals surface area contributed by atoms with E-state index in [4.69, 9.17) is 0 Å². The lowest BCUT2D eigenvalue weighted by molar-refractivity contribution is 0.573. The fourth-order valence-electron chi connectivity index (χ4n) is 2.15. The van der Waals surface area contributed by atoms with E-state index in [1.165, 1.54) is 6.42 Å². The molecule has 1 aliphatic carbocycles. The van der Waals surface area contributed by atoms with Gasteiger partial charge in [0.2, 0.25) is 0 Å². The van der Waals surface area contributed by atoms with Crippen LogP contribution in [0.3, 0.4) is 0 Å². The first-order chi connectivity index (χ1) is 8.51. The minimum Gasteiger partial charge on any atom is -0.370 e. The van der Waals surface area contributed by atoms with E-state index in [0.29, 0.717) is 5.41 Å². The molecule has 1 fully saturated rings. The van der Waals surface area contributed by atoms with Crippen LogP contribution < -0.4 is 10.6 Å². The zero-order valence-corrected chi connectivity index (χ0v) is 11.9. The first-order valence-corrected chi connectivity index (χ1v) is 6.84. The topological polar surface area (TPSA) is 49.8 Å². The first kappa shape index (κ1) is 13.1. The van der Waals surface area contributed by atoms with Crippen LogP contribution in [0.4, 0.5) is 11.6 Å². The molecule has 0 spiro atoms. The molecule has 0 amide bonds. The van der Waals surface area contributed by atoms with Crippen LogP contribution in [0.1, 0.15) is 39.4 Å². The fraction of sp³-hybridized carbons (Fsp3) is 0.714. The highest BCUT2D eigenvalue weighted by Gasteiger charge is 2.44. The monoisotopic (exact) mass is 248 g/mol. The summed E-state index contributed by atoms with van der Waals surface area (Å²) in [6.45, 7) is 10.7. The normalized spacial score (nSPS) is 20.6. The summed E-state index contributed by atoms with van der Waals surface area (Å²) < 4.78 is 0. The van der Waals surface area contributed by atoms with E-state index in [1.807, 2.05) is 13.0 Å². The number of hydrogen-bond donors (Lipinski definition) is 2. The summed E-state index contributed by atoms with van der Waals surface area (Å²) in [7, 11) is 0. The molecule has 100 valence electrons. The van der Waals surface area contributed by atoms with Crippen molar-refractivity contribution in [2.75, 3.05) is 23.7 Å². The Morgan fingerprint density at radius 3 is 2.44 bits per heavy atom. The Morgan fingerprint density at radius 1 is 1.28 bits per heavy atom. The molecule has 0 aromatic carbocycles. The van der Waals surface area contributed by atoms with Gasteiger partial charge in [0, 0.05) is 19.2 Å². The molecule has 1 atom stereocenters. The number of nitrogens with one attached hydrogen (secondary N) is 2. The largest absolute Gasteiger partial charge is 0.370 e. The van der Waals surface area contributed by atoms with Gasteiger partial charge in [-0.2, -0.15) is 0 Å². The van der Waals surface area contributed by atoms with Gasteiger partial charge in [-0.1, -0.05) is 20.8 Å². The van der Waals surface area contributed by atoms with Crippen molar-refractivity contribution in [2.24, 2.45) is 11.3 Å². The van der Waals surface area contributed by atoms with Crippen LogP contribution in [0.2, 0.25) is 0 Å². The fourth-order valence-corrected chi connectivity index (χ4v) is 2.15. The Morgan fingerprint density at radius 2 is 1.89 bits per heavy atom. The lowest BCUT2D eigenvalue weighted by Gasteiger charge is -2.10. The zero-order chi connectivity index (χ0) is 13.2. The molecule has 1 aromatic rings. The molecule has 0 aliphatic heterocycles. The van der Waals surface area contributed by atoms with Crippen LogP contribution in [-0.2, 0) is 0 Å². The standard InChI is InChI=1S/C14H24N4/c1-5-6-15-12-7-13(18-10(2)17-12)16-9-11-8-14(11,3)4/h7,11H,5-6,8-9H2,1-4H3,(H2,15,16,17,18). The zero-order valence-electron chi connectivity index (χ0n) is 11.9. The van der Waals surface area contributed by atoms with Crippen LogP contribution in [0, 0.1) is 18.3 Å². The summed E-state index contributed by atoms with van der Waals surface area (Å²) in [4.78, 5) is 8.81. The highest BCUT2D eigenvalue weighted by Crippen LogP contribution is 2.51. The molecule has 1 aliphatic rings. The minimum absolute atomic E-state index is 0.512. The molecule has 0 bridgehead atoms. The first-order valence-electron chi connectivity index (χ1n) is 6.84. The third-order valence-corrected chi connectivity index (χ3v) is 3.64. The molecule has 0 radical (unpaired) electrons. The van der Waals surface area contributed by atoms with Crippen molar-refractivity contribution in [1.82, 2.24) is 9.97 Å². The van der Waals surface area contributed by atoms with Crippen molar-refractivity contribution in [3.8, 4) is 0 Å². The van der Waals surface area contributed by atoms with Gasteiger partial charge in [-0.05, 0) is 31.1 Å². The molecule has 2 N–H and O–H groups in total. The number of anilines is 2. The average molecular weight is 248 g/mol. The number of aryl methyl sites for hydroxylation is 1. The van der Waals surface area contributed by atoms with Gasteiger partial charge in [-0.15, -0.1) is 0 Å². The maximum absolute atomic E-state index is 4.43. The molecule has 18 heavy (non-hydrogen) atoms. The van der Waals surface area contributed by atoms with Crippen molar-refractivity contribution in [2.45, 2.75) is 40.5 Å². The molecule has 2 rings (SSSR count). The van der Waals surface area contributed by atoms with Crippen molar-refractivity contribution >= 4 is 11.6 Å². The van der Waals surface area contributed by atoms with Crippen molar-refractivity contribution in [1.29, 1.82) is 0 Å². The molecular formula is C14H24N4. The van der Waals surface area contributed by atoms with Crippen LogP contribution in [0.5, 0.6) is 0 Å². The summed E-state index contributed by atoms with van der Waals surface area (Å²) in [5.74, 6) is 3.44. The molecule has 4 nitrogen and oxygen atoms in total. The Labute approximate surface area is 110 Å². The molecule has 4 heteroatoms. The number of hydrogen-bond acceptors (Lipinski definition) is 4. The maximum atomic E-state index is 4.43. The SMILES string of the molecule is CCCNc1cc(NCC2CC2(C)C)nc(C)n1. The van der Waals surface area contributed by atoms with Gasteiger partial charge in [0.1, 0.15) is 17.5 Å². The number of rotatable bonds is 6. The van der Waals surface area contributed by atoms with E-state index in [1.54, 1.807) is 0 Å². The van der Waals surface area contributed by atoms with Gasteiger partial charge in [-0.3, -0.25) is 0 Å². The summed E-state index contributed by atoms with van der Waals surface area (Å²) in [6, 6.07) is 2.00. The van der Waals surface area contributed by atoms with Gasteiger partial charge >= 0.3 is 0 Å². The second-order valence-corrected chi connectivity index (χ2v) is 5.88. The summed E-state index contributed by atoms with van der Waals surface area (Å²) >= 11 is 0. The van der Waals surface area contributed by atoms with E-state index in [2.05, 4.69) is 41.4 Å². The molecule has 1 unspecified atom stereocenters. The lowest BCUT2D eigenvalue weighted by Crippen LogP contribution is -2.11. The van der Waals surface area contributed by atoms with E-state index in [9.17, 15) is 0 Å². The highest BCUT2D eigenvalue weighted by molar-refractivity contribution is 5.47. The Bertz CT molecular complexity index is 414. The van der Waals surface area contributed by atoms with E-state index < -0.39 is 0 Å². The molecule has 0 saturated heterocycles. The summed E-state index contributed by atoms with van der Waals surface area (Å²) in [6.07, 6.45) is 2.41. The Balaban J connectivity index is 1.93. The predicted octanol–water partition coefficient (Wildman–Crippen LogP) is 3.06. The van der Waals surface area contributed by atoms with Gasteiger partial charge in [0.05, 0.1) is 0 Å². The Kier molecular flexibility index (Phi) is 3.73. The Hall–Kier alpha value is -1.32. The molecule has 1 aromatic heterocycles. The number of nitrogens with zero attached hydrogens (tertiary/aromatic N) is 2. The van der Waals surface area contributed by atoms with E-state index in [0.717, 1.165) is 42.9 Å². The van der Waals surface area contributed by atoms with Crippen LogP contribution in [-0.4, -0.2) is 23.1 Å².